The lowest BCUT2D eigenvalue weighted by Gasteiger charge is -2.16. The Morgan fingerprint density at radius 2 is 1.93 bits per heavy atom. The van der Waals surface area contributed by atoms with Crippen LogP contribution in [0.15, 0.2) is 59.6 Å². The van der Waals surface area contributed by atoms with Crippen LogP contribution in [-0.2, 0) is 21.2 Å². The highest BCUT2D eigenvalue weighted by atomic mass is 35.5. The highest BCUT2D eigenvalue weighted by molar-refractivity contribution is 7.89. The Balaban J connectivity index is 1.62. The van der Waals surface area contributed by atoms with Gasteiger partial charge in [0.15, 0.2) is 5.13 Å². The number of sulfonamides is 1. The van der Waals surface area contributed by atoms with Crippen molar-refractivity contribution in [3.05, 3.63) is 75.8 Å². The topological polar surface area (TPSA) is 103 Å². The number of halogens is 1. The predicted molar refractivity (Wildman–Crippen MR) is 116 cm³/mol. The first-order valence-electron chi connectivity index (χ1n) is 8.74. The number of rotatable bonds is 7. The number of hydrogen-bond donors (Lipinski definition) is 1. The molecule has 7 nitrogen and oxygen atoms in total. The average Bonchev–Trinajstić information content (AvgIpc) is 3.16. The molecule has 154 valence electrons. The van der Waals surface area contributed by atoms with Crippen molar-refractivity contribution in [2.45, 2.75) is 11.3 Å². The fraction of sp³-hybridized carbons (Fsp3) is 0.150. The highest BCUT2D eigenvalue weighted by Crippen LogP contribution is 2.24. The number of benzene rings is 2. The maximum Gasteiger partial charge on any atom is 0.243 e. The smallest absolute Gasteiger partial charge is 0.243 e. The molecule has 0 aliphatic heterocycles. The molecule has 3 aromatic rings. The Labute approximate surface area is 183 Å². The number of likely N-dealkylation sites (N-methyl/N-ethyl adjacent to an activating group) is 1. The summed E-state index contributed by atoms with van der Waals surface area (Å²) in [5.74, 6) is -0.506. The highest BCUT2D eigenvalue weighted by Gasteiger charge is 2.23. The zero-order chi connectivity index (χ0) is 21.7. The Hall–Kier alpha value is -2.77. The van der Waals surface area contributed by atoms with Gasteiger partial charge < -0.3 is 5.32 Å². The van der Waals surface area contributed by atoms with E-state index in [0.717, 1.165) is 14.7 Å². The maximum atomic E-state index is 12.6. The van der Waals surface area contributed by atoms with Crippen molar-refractivity contribution in [3.8, 4) is 6.07 Å². The predicted octanol–water partition coefficient (Wildman–Crippen LogP) is 3.52. The van der Waals surface area contributed by atoms with Gasteiger partial charge in [-0.05, 0) is 35.9 Å². The lowest BCUT2D eigenvalue weighted by Crippen LogP contribution is -2.34. The molecule has 0 radical (unpaired) electrons. The monoisotopic (exact) mass is 460 g/mol. The molecule has 1 aromatic heterocycles. The molecule has 30 heavy (non-hydrogen) atoms. The summed E-state index contributed by atoms with van der Waals surface area (Å²) >= 11 is 7.47. The summed E-state index contributed by atoms with van der Waals surface area (Å²) < 4.78 is 26.1. The molecule has 1 amide bonds. The van der Waals surface area contributed by atoms with E-state index in [1.54, 1.807) is 6.20 Å². The number of amides is 1. The van der Waals surface area contributed by atoms with Crippen LogP contribution in [-0.4, -0.2) is 37.2 Å². The third-order valence-corrected chi connectivity index (χ3v) is 7.28. The molecule has 2 aromatic carbocycles. The van der Waals surface area contributed by atoms with Crippen molar-refractivity contribution in [1.82, 2.24) is 9.29 Å². The number of nitrogens with one attached hydrogen (secondary N) is 1. The van der Waals surface area contributed by atoms with E-state index in [1.807, 2.05) is 30.3 Å². The summed E-state index contributed by atoms with van der Waals surface area (Å²) in [7, 11) is -2.54. The molecule has 1 N–H and O–H groups in total. The number of thiazole rings is 1. The molecule has 0 unspecified atom stereocenters. The summed E-state index contributed by atoms with van der Waals surface area (Å²) in [6.45, 7) is -0.373. The molecule has 3 rings (SSSR count). The van der Waals surface area contributed by atoms with Gasteiger partial charge >= 0.3 is 0 Å². The average molecular weight is 461 g/mol. The van der Waals surface area contributed by atoms with Crippen molar-refractivity contribution >= 4 is 44.0 Å². The Morgan fingerprint density at radius 1 is 1.23 bits per heavy atom. The third-order valence-electron chi connectivity index (χ3n) is 4.18. The fourth-order valence-corrected chi connectivity index (χ4v) is 4.79. The largest absolute Gasteiger partial charge is 0.301 e. The lowest BCUT2D eigenvalue weighted by atomic mass is 10.1. The minimum absolute atomic E-state index is 0.00748. The van der Waals surface area contributed by atoms with Crippen LogP contribution in [0.4, 0.5) is 5.13 Å². The van der Waals surface area contributed by atoms with Crippen molar-refractivity contribution < 1.29 is 13.2 Å². The molecular weight excluding hydrogens is 444 g/mol. The normalized spacial score (nSPS) is 11.3. The summed E-state index contributed by atoms with van der Waals surface area (Å²) in [4.78, 5) is 17.4. The van der Waals surface area contributed by atoms with Crippen molar-refractivity contribution in [2.24, 2.45) is 0 Å². The van der Waals surface area contributed by atoms with E-state index in [4.69, 9.17) is 16.9 Å². The number of nitrogens with zero attached hydrogens (tertiary/aromatic N) is 3. The van der Waals surface area contributed by atoms with Crippen LogP contribution < -0.4 is 5.32 Å². The van der Waals surface area contributed by atoms with Gasteiger partial charge in [0, 0.05) is 29.6 Å². The summed E-state index contributed by atoms with van der Waals surface area (Å²) in [6.07, 6.45) is 2.24. The van der Waals surface area contributed by atoms with Gasteiger partial charge in [-0.2, -0.15) is 9.57 Å². The number of carbonyl (C=O) groups is 1. The molecule has 0 saturated heterocycles. The zero-order valence-electron chi connectivity index (χ0n) is 15.9. The van der Waals surface area contributed by atoms with Crippen LogP contribution in [0, 0.1) is 11.3 Å². The zero-order valence-corrected chi connectivity index (χ0v) is 18.3. The summed E-state index contributed by atoms with van der Waals surface area (Å²) in [6, 6.07) is 14.9. The van der Waals surface area contributed by atoms with Gasteiger partial charge in [0.2, 0.25) is 15.9 Å². The van der Waals surface area contributed by atoms with E-state index in [0.29, 0.717) is 22.1 Å². The SMILES string of the molecule is CN(CC(=O)Nc1ncc(Cc2ccccc2Cl)s1)S(=O)(=O)c1ccc(C#N)cc1. The molecule has 0 spiro atoms. The van der Waals surface area contributed by atoms with Crippen molar-refractivity contribution in [2.75, 3.05) is 18.9 Å². The second-order valence-electron chi connectivity index (χ2n) is 6.35. The van der Waals surface area contributed by atoms with Crippen molar-refractivity contribution in [3.63, 3.8) is 0 Å². The molecule has 10 heteroatoms. The van der Waals surface area contributed by atoms with Crippen LogP contribution in [0.1, 0.15) is 16.0 Å². The fourth-order valence-electron chi connectivity index (χ4n) is 2.60. The number of anilines is 1. The Bertz CT molecular complexity index is 1200. The van der Waals surface area contributed by atoms with Crippen LogP contribution in [0.25, 0.3) is 0 Å². The van der Waals surface area contributed by atoms with Crippen molar-refractivity contribution in [1.29, 1.82) is 5.26 Å². The second kappa shape index (κ2) is 9.36. The van der Waals surface area contributed by atoms with Gasteiger partial charge in [-0.1, -0.05) is 29.8 Å². The lowest BCUT2D eigenvalue weighted by molar-refractivity contribution is -0.116. The number of carbonyl (C=O) groups excluding carboxylic acids is 1. The van der Waals surface area contributed by atoms with Gasteiger partial charge in [0.25, 0.3) is 0 Å². The minimum atomic E-state index is -3.86. The first kappa shape index (κ1) is 21.9. The quantitative estimate of drug-likeness (QED) is 0.581. The Kier molecular flexibility index (Phi) is 6.84. The maximum absolute atomic E-state index is 12.6. The molecular formula is C20H17ClN4O3S2. The number of hydrogen-bond acceptors (Lipinski definition) is 6. The van der Waals surface area contributed by atoms with Gasteiger partial charge in [0.1, 0.15) is 0 Å². The molecule has 0 atom stereocenters. The van der Waals surface area contributed by atoms with Crippen LogP contribution in [0.2, 0.25) is 5.02 Å². The molecule has 0 fully saturated rings. The van der Waals surface area contributed by atoms with Gasteiger partial charge in [-0.15, -0.1) is 11.3 Å². The molecule has 0 saturated carbocycles. The van der Waals surface area contributed by atoms with Crippen LogP contribution in [0.3, 0.4) is 0 Å². The summed E-state index contributed by atoms with van der Waals surface area (Å²) in [5.41, 5.74) is 1.31. The molecule has 0 aliphatic rings. The first-order chi connectivity index (χ1) is 14.3. The first-order valence-corrected chi connectivity index (χ1v) is 11.4. The number of aromatic nitrogens is 1. The van der Waals surface area contributed by atoms with Crippen LogP contribution in [0.5, 0.6) is 0 Å². The summed E-state index contributed by atoms with van der Waals surface area (Å²) in [5, 5.41) is 12.5. The number of nitriles is 1. The van der Waals surface area contributed by atoms with E-state index in [2.05, 4.69) is 10.3 Å². The van der Waals surface area contributed by atoms with E-state index >= 15 is 0 Å². The van der Waals surface area contributed by atoms with Gasteiger partial charge in [-0.25, -0.2) is 13.4 Å². The molecule has 0 aliphatic carbocycles. The standard InChI is InChI=1S/C20H17ClN4O3S2/c1-25(30(27,28)17-8-6-14(11-22)7-9-17)13-19(26)24-20-23-12-16(29-20)10-15-4-2-3-5-18(15)21/h2-9,12H,10,13H2,1H3,(H,23,24,26). The second-order valence-corrected chi connectivity index (χ2v) is 9.91. The minimum Gasteiger partial charge on any atom is -0.301 e. The Morgan fingerprint density at radius 3 is 2.60 bits per heavy atom. The van der Waals surface area contributed by atoms with Gasteiger partial charge in [-0.3, -0.25) is 4.79 Å². The van der Waals surface area contributed by atoms with E-state index < -0.39 is 15.9 Å². The third kappa shape index (κ3) is 5.23. The van der Waals surface area contributed by atoms with Crippen LogP contribution >= 0.6 is 22.9 Å². The van der Waals surface area contributed by atoms with E-state index in [9.17, 15) is 13.2 Å². The molecule has 0 bridgehead atoms. The van der Waals surface area contributed by atoms with E-state index in [-0.39, 0.29) is 11.4 Å². The van der Waals surface area contributed by atoms with E-state index in [1.165, 1.54) is 42.6 Å². The van der Waals surface area contributed by atoms with Gasteiger partial charge in [0.05, 0.1) is 23.1 Å². The molecule has 1 heterocycles.